The summed E-state index contributed by atoms with van der Waals surface area (Å²) in [4.78, 5) is 41.9. The number of anilines is 1. The number of aliphatic hydroxyl groups is 3. The first-order valence-corrected chi connectivity index (χ1v) is 17.1. The van der Waals surface area contributed by atoms with Gasteiger partial charge in [-0.25, -0.2) is 19.7 Å². The SMILES string of the molecule is CC(Nc1nc(C(=O)NCCNC(=O)NCCN2CCCCC2)nc2c1ncn2C1OC(CO)C(O)C1O)(c1ccccc1)c1ccccc1. The number of nitrogens with one attached hydrogen (secondary N) is 4. The summed E-state index contributed by atoms with van der Waals surface area (Å²) in [6.45, 7) is 5.22. The van der Waals surface area contributed by atoms with E-state index in [1.807, 2.05) is 67.6 Å². The Balaban J connectivity index is 1.23. The standard InChI is InChI=1S/C35H45N9O6/c1-35(23-11-5-2-6-12-23,24-13-7-3-8-14-24)42-29-26-31(44(22-39-26)33-28(47)27(46)25(21-45)50-33)41-30(40-29)32(48)36-15-16-37-34(49)38-17-20-43-18-9-4-10-19-43/h2-3,5-8,11-14,22,25,27-28,33,45-47H,4,9-10,15-21H2,1H3,(H,36,48)(H2,37,38,49)(H,40,41,42). The molecule has 2 aromatic carbocycles. The molecule has 2 aromatic heterocycles. The molecule has 50 heavy (non-hydrogen) atoms. The van der Waals surface area contributed by atoms with Gasteiger partial charge in [-0.3, -0.25) is 9.36 Å². The highest BCUT2D eigenvalue weighted by Gasteiger charge is 2.44. The van der Waals surface area contributed by atoms with Gasteiger partial charge >= 0.3 is 6.03 Å². The molecule has 4 aromatic rings. The maximum absolute atomic E-state index is 13.5. The summed E-state index contributed by atoms with van der Waals surface area (Å²) >= 11 is 0. The zero-order valence-corrected chi connectivity index (χ0v) is 28.0. The predicted molar refractivity (Wildman–Crippen MR) is 185 cm³/mol. The Bertz CT molecular complexity index is 1700. The minimum atomic E-state index is -1.40. The van der Waals surface area contributed by atoms with Crippen molar-refractivity contribution < 1.29 is 29.6 Å². The van der Waals surface area contributed by atoms with Crippen LogP contribution in [0.3, 0.4) is 0 Å². The number of urea groups is 1. The van der Waals surface area contributed by atoms with E-state index in [1.54, 1.807) is 0 Å². The van der Waals surface area contributed by atoms with Crippen molar-refractivity contribution in [1.29, 1.82) is 0 Å². The third-order valence-corrected chi connectivity index (χ3v) is 9.34. The molecule has 15 heteroatoms. The molecule has 2 saturated heterocycles. The lowest BCUT2D eigenvalue weighted by molar-refractivity contribution is -0.0511. The van der Waals surface area contributed by atoms with Gasteiger partial charge in [0.25, 0.3) is 5.91 Å². The Morgan fingerprint density at radius 2 is 1.52 bits per heavy atom. The molecule has 2 aliphatic rings. The van der Waals surface area contributed by atoms with Crippen LogP contribution >= 0.6 is 0 Å². The zero-order chi connectivity index (χ0) is 35.1. The van der Waals surface area contributed by atoms with Crippen LogP contribution in [0, 0.1) is 0 Å². The van der Waals surface area contributed by atoms with Crippen LogP contribution in [0.5, 0.6) is 0 Å². The van der Waals surface area contributed by atoms with Gasteiger partial charge in [-0.2, -0.15) is 0 Å². The molecule has 266 valence electrons. The van der Waals surface area contributed by atoms with E-state index >= 15 is 0 Å². The van der Waals surface area contributed by atoms with Crippen LogP contribution in [-0.4, -0.2) is 116 Å². The molecule has 6 rings (SSSR count). The predicted octanol–water partition coefficient (Wildman–Crippen LogP) is 1.33. The van der Waals surface area contributed by atoms with E-state index in [0.29, 0.717) is 12.1 Å². The Kier molecular flexibility index (Phi) is 11.2. The van der Waals surface area contributed by atoms with Crippen molar-refractivity contribution in [2.24, 2.45) is 0 Å². The van der Waals surface area contributed by atoms with E-state index in [2.05, 4.69) is 41.1 Å². The second kappa shape index (κ2) is 15.9. The average molecular weight is 688 g/mol. The Morgan fingerprint density at radius 1 is 0.880 bits per heavy atom. The van der Waals surface area contributed by atoms with Gasteiger partial charge in [0, 0.05) is 26.2 Å². The minimum Gasteiger partial charge on any atom is -0.394 e. The molecule has 0 bridgehead atoms. The molecule has 0 aliphatic carbocycles. The molecule has 2 aliphatic heterocycles. The van der Waals surface area contributed by atoms with Crippen molar-refractivity contribution in [2.75, 3.05) is 51.2 Å². The van der Waals surface area contributed by atoms with Crippen LogP contribution in [-0.2, 0) is 10.3 Å². The van der Waals surface area contributed by atoms with Gasteiger partial charge in [-0.05, 0) is 44.0 Å². The molecule has 4 atom stereocenters. The number of aliphatic hydroxyl groups excluding tert-OH is 3. The van der Waals surface area contributed by atoms with Gasteiger partial charge in [0.05, 0.1) is 18.5 Å². The summed E-state index contributed by atoms with van der Waals surface area (Å²) < 4.78 is 7.19. The molecule has 0 saturated carbocycles. The largest absolute Gasteiger partial charge is 0.394 e. The van der Waals surface area contributed by atoms with Crippen molar-refractivity contribution in [3.8, 4) is 0 Å². The number of hydrogen-bond acceptors (Lipinski definition) is 11. The van der Waals surface area contributed by atoms with Crippen molar-refractivity contribution >= 4 is 28.9 Å². The highest BCUT2D eigenvalue weighted by atomic mass is 16.6. The summed E-state index contributed by atoms with van der Waals surface area (Å²) in [5.41, 5.74) is 1.46. The number of hydrogen-bond donors (Lipinski definition) is 7. The fourth-order valence-corrected chi connectivity index (χ4v) is 6.50. The van der Waals surface area contributed by atoms with Crippen LogP contribution in [0.25, 0.3) is 11.2 Å². The number of imidazole rings is 1. The molecular weight excluding hydrogens is 642 g/mol. The number of amides is 3. The van der Waals surface area contributed by atoms with E-state index in [0.717, 1.165) is 30.8 Å². The maximum Gasteiger partial charge on any atom is 0.314 e. The number of nitrogens with zero attached hydrogens (tertiary/aromatic N) is 5. The fourth-order valence-electron chi connectivity index (χ4n) is 6.50. The average Bonchev–Trinajstić information content (AvgIpc) is 3.70. The second-order valence-corrected chi connectivity index (χ2v) is 12.8. The van der Waals surface area contributed by atoms with Crippen LogP contribution in [0.15, 0.2) is 67.0 Å². The van der Waals surface area contributed by atoms with Crippen molar-refractivity contribution in [1.82, 2.24) is 40.4 Å². The number of rotatable bonds is 13. The topological polar surface area (TPSA) is 199 Å². The Hall–Kier alpha value is -4.67. The summed E-state index contributed by atoms with van der Waals surface area (Å²) in [7, 11) is 0. The van der Waals surface area contributed by atoms with E-state index in [4.69, 9.17) is 4.74 Å². The van der Waals surface area contributed by atoms with E-state index in [9.17, 15) is 24.9 Å². The number of fused-ring (bicyclic) bond motifs is 1. The molecule has 2 fully saturated rings. The van der Waals surface area contributed by atoms with Crippen molar-refractivity contribution in [3.63, 3.8) is 0 Å². The van der Waals surface area contributed by atoms with Gasteiger partial charge in [-0.1, -0.05) is 67.1 Å². The van der Waals surface area contributed by atoms with Crippen molar-refractivity contribution in [2.45, 2.75) is 56.3 Å². The number of benzene rings is 2. The van der Waals surface area contributed by atoms with Crippen LogP contribution in [0.2, 0.25) is 0 Å². The quantitative estimate of drug-likeness (QED) is 0.100. The van der Waals surface area contributed by atoms with Gasteiger partial charge in [-0.15, -0.1) is 0 Å². The Labute approximate surface area is 290 Å². The molecule has 4 unspecified atom stereocenters. The van der Waals surface area contributed by atoms with Crippen LogP contribution in [0.1, 0.15) is 54.2 Å². The first-order valence-electron chi connectivity index (χ1n) is 17.1. The van der Waals surface area contributed by atoms with E-state index in [1.165, 1.54) is 30.2 Å². The fraction of sp³-hybridized carbons (Fsp3) is 0.457. The lowest BCUT2D eigenvalue weighted by atomic mass is 9.84. The van der Waals surface area contributed by atoms with Crippen LogP contribution in [0.4, 0.5) is 10.6 Å². The summed E-state index contributed by atoms with van der Waals surface area (Å²) in [5.74, 6) is -0.549. The third-order valence-electron chi connectivity index (χ3n) is 9.34. The normalized spacial score (nSPS) is 21.2. The summed E-state index contributed by atoms with van der Waals surface area (Å²) in [6, 6.07) is 19.2. The van der Waals surface area contributed by atoms with Crippen LogP contribution < -0.4 is 21.3 Å². The number of likely N-dealkylation sites (tertiary alicyclic amines) is 1. The Morgan fingerprint density at radius 3 is 2.16 bits per heavy atom. The lowest BCUT2D eigenvalue weighted by Gasteiger charge is -2.33. The van der Waals surface area contributed by atoms with Gasteiger partial charge in [0.1, 0.15) is 18.3 Å². The molecule has 0 radical (unpaired) electrons. The number of carbonyl (C=O) groups excluding carboxylic acids is 2. The van der Waals surface area contributed by atoms with Gasteiger partial charge < -0.3 is 46.2 Å². The van der Waals surface area contributed by atoms with Crippen molar-refractivity contribution in [3.05, 3.63) is 83.9 Å². The molecule has 4 heterocycles. The second-order valence-electron chi connectivity index (χ2n) is 12.8. The number of aromatic nitrogens is 4. The molecule has 0 spiro atoms. The minimum absolute atomic E-state index is 0.113. The number of carbonyl (C=O) groups is 2. The van der Waals surface area contributed by atoms with E-state index in [-0.39, 0.29) is 36.4 Å². The molecular formula is C35H45N9O6. The smallest absolute Gasteiger partial charge is 0.314 e. The molecule has 3 amide bonds. The zero-order valence-electron chi connectivity index (χ0n) is 28.0. The molecule has 7 N–H and O–H groups in total. The highest BCUT2D eigenvalue weighted by molar-refractivity contribution is 5.94. The van der Waals surface area contributed by atoms with Gasteiger partial charge in [0.2, 0.25) is 5.82 Å². The summed E-state index contributed by atoms with van der Waals surface area (Å²) in [5, 5.41) is 42.9. The van der Waals surface area contributed by atoms with E-state index < -0.39 is 42.6 Å². The molecule has 15 nitrogen and oxygen atoms in total. The summed E-state index contributed by atoms with van der Waals surface area (Å²) in [6.07, 6.45) is 0.105. The first-order chi connectivity index (χ1) is 24.3. The number of piperidine rings is 1. The lowest BCUT2D eigenvalue weighted by Crippen LogP contribution is -2.43. The first kappa shape index (κ1) is 35.2. The highest BCUT2D eigenvalue weighted by Crippen LogP contribution is 2.36. The van der Waals surface area contributed by atoms with Gasteiger partial charge in [0.15, 0.2) is 23.2 Å². The monoisotopic (exact) mass is 687 g/mol. The maximum atomic E-state index is 13.5. The third kappa shape index (κ3) is 7.71. The number of ether oxygens (including phenoxy) is 1.